The average Bonchev–Trinajstić information content (AvgIpc) is 2.51. The van der Waals surface area contributed by atoms with Crippen LogP contribution in [0.3, 0.4) is 0 Å². The van der Waals surface area contributed by atoms with Crippen molar-refractivity contribution in [2.24, 2.45) is 5.10 Å². The van der Waals surface area contributed by atoms with Gasteiger partial charge >= 0.3 is 6.03 Å². The number of urea groups is 1. The van der Waals surface area contributed by atoms with E-state index in [1.165, 1.54) is 6.21 Å². The Morgan fingerprint density at radius 2 is 2.09 bits per heavy atom. The first-order valence-electron chi connectivity index (χ1n) is 6.69. The van der Waals surface area contributed by atoms with E-state index in [-0.39, 0.29) is 0 Å². The minimum Gasteiger partial charge on any atom is -0.496 e. The molecular formula is C16H15BrClN3O2. The number of hydrogen-bond acceptors (Lipinski definition) is 3. The summed E-state index contributed by atoms with van der Waals surface area (Å²) in [6.45, 7) is 1.94. The Labute approximate surface area is 147 Å². The number of carbonyl (C=O) groups is 1. The number of nitrogens with zero attached hydrogens (tertiary/aromatic N) is 1. The van der Waals surface area contributed by atoms with Crippen molar-refractivity contribution in [1.29, 1.82) is 0 Å². The minimum atomic E-state index is -0.441. The lowest BCUT2D eigenvalue weighted by Crippen LogP contribution is -2.24. The van der Waals surface area contributed by atoms with Gasteiger partial charge in [0.1, 0.15) is 5.75 Å². The molecule has 0 aliphatic heterocycles. The SMILES string of the molecule is COc1ccc(Cl)cc1/C=N/NC(=O)Nc1ccc(Br)c(C)c1. The molecule has 0 atom stereocenters. The van der Waals surface area contributed by atoms with Gasteiger partial charge in [-0.3, -0.25) is 0 Å². The summed E-state index contributed by atoms with van der Waals surface area (Å²) in [5, 5.41) is 7.14. The number of rotatable bonds is 4. The second kappa shape index (κ2) is 7.99. The normalized spacial score (nSPS) is 10.6. The fourth-order valence-corrected chi connectivity index (χ4v) is 2.28. The van der Waals surface area contributed by atoms with E-state index < -0.39 is 6.03 Å². The number of hydrogen-bond donors (Lipinski definition) is 2. The van der Waals surface area contributed by atoms with Gasteiger partial charge in [0.05, 0.1) is 13.3 Å². The van der Waals surface area contributed by atoms with Crippen LogP contribution < -0.4 is 15.5 Å². The van der Waals surface area contributed by atoms with E-state index in [4.69, 9.17) is 16.3 Å². The van der Waals surface area contributed by atoms with E-state index in [2.05, 4.69) is 31.8 Å². The number of methoxy groups -OCH3 is 1. The van der Waals surface area contributed by atoms with E-state index in [9.17, 15) is 4.79 Å². The van der Waals surface area contributed by atoms with Gasteiger partial charge in [-0.05, 0) is 48.9 Å². The summed E-state index contributed by atoms with van der Waals surface area (Å²) >= 11 is 9.34. The first-order valence-corrected chi connectivity index (χ1v) is 7.86. The van der Waals surface area contributed by atoms with E-state index in [0.29, 0.717) is 22.0 Å². The average molecular weight is 397 g/mol. The molecule has 0 saturated heterocycles. The van der Waals surface area contributed by atoms with Gasteiger partial charge in [-0.1, -0.05) is 27.5 Å². The second-order valence-electron chi connectivity index (χ2n) is 4.67. The maximum absolute atomic E-state index is 11.8. The second-order valence-corrected chi connectivity index (χ2v) is 5.97. The Balaban J connectivity index is 1.98. The third-order valence-electron chi connectivity index (χ3n) is 2.98. The van der Waals surface area contributed by atoms with Crippen LogP contribution in [0.25, 0.3) is 0 Å². The Bertz CT molecular complexity index is 750. The molecule has 0 aromatic heterocycles. The van der Waals surface area contributed by atoms with Crippen molar-refractivity contribution >= 4 is 45.5 Å². The van der Waals surface area contributed by atoms with E-state index in [1.54, 1.807) is 31.4 Å². The summed E-state index contributed by atoms with van der Waals surface area (Å²) in [6.07, 6.45) is 1.47. The van der Waals surface area contributed by atoms with Crippen LogP contribution in [-0.4, -0.2) is 19.4 Å². The summed E-state index contributed by atoms with van der Waals surface area (Å²) in [6, 6.07) is 10.2. The summed E-state index contributed by atoms with van der Waals surface area (Å²) < 4.78 is 6.18. The number of aryl methyl sites for hydroxylation is 1. The molecule has 7 heteroatoms. The molecule has 5 nitrogen and oxygen atoms in total. The van der Waals surface area contributed by atoms with Crippen LogP contribution in [-0.2, 0) is 0 Å². The van der Waals surface area contributed by atoms with Crippen molar-refractivity contribution in [3.05, 3.63) is 57.0 Å². The van der Waals surface area contributed by atoms with Gasteiger partial charge in [0.15, 0.2) is 0 Å². The summed E-state index contributed by atoms with van der Waals surface area (Å²) in [4.78, 5) is 11.8. The highest BCUT2D eigenvalue weighted by atomic mass is 79.9. The van der Waals surface area contributed by atoms with Gasteiger partial charge in [0, 0.05) is 20.7 Å². The van der Waals surface area contributed by atoms with Crippen LogP contribution in [0.5, 0.6) is 5.75 Å². The fourth-order valence-electron chi connectivity index (χ4n) is 1.85. The van der Waals surface area contributed by atoms with Crippen molar-refractivity contribution in [2.75, 3.05) is 12.4 Å². The maximum Gasteiger partial charge on any atom is 0.339 e. The number of benzene rings is 2. The van der Waals surface area contributed by atoms with Crippen LogP contribution in [0.4, 0.5) is 10.5 Å². The Kier molecular flexibility index (Phi) is 6.01. The van der Waals surface area contributed by atoms with Crippen LogP contribution in [0.2, 0.25) is 5.02 Å². The smallest absolute Gasteiger partial charge is 0.339 e. The zero-order valence-electron chi connectivity index (χ0n) is 12.6. The predicted molar refractivity (Wildman–Crippen MR) is 96.6 cm³/mol. The van der Waals surface area contributed by atoms with Gasteiger partial charge in [0.25, 0.3) is 0 Å². The third kappa shape index (κ3) is 4.97. The van der Waals surface area contributed by atoms with Crippen LogP contribution in [0.1, 0.15) is 11.1 Å². The van der Waals surface area contributed by atoms with Crippen molar-refractivity contribution in [2.45, 2.75) is 6.92 Å². The highest BCUT2D eigenvalue weighted by Crippen LogP contribution is 2.21. The molecule has 23 heavy (non-hydrogen) atoms. The van der Waals surface area contributed by atoms with Crippen molar-refractivity contribution in [3.63, 3.8) is 0 Å². The third-order valence-corrected chi connectivity index (χ3v) is 4.10. The maximum atomic E-state index is 11.8. The first-order chi connectivity index (χ1) is 11.0. The molecule has 0 heterocycles. The minimum absolute atomic E-state index is 0.441. The zero-order chi connectivity index (χ0) is 16.8. The Hall–Kier alpha value is -2.05. The number of anilines is 1. The summed E-state index contributed by atoms with van der Waals surface area (Å²) in [5.74, 6) is 0.615. The largest absolute Gasteiger partial charge is 0.496 e. The molecule has 0 bridgehead atoms. The molecule has 0 spiro atoms. The molecule has 0 saturated carbocycles. The van der Waals surface area contributed by atoms with Gasteiger partial charge in [-0.25, -0.2) is 10.2 Å². The van der Waals surface area contributed by atoms with E-state index in [1.807, 2.05) is 19.1 Å². The summed E-state index contributed by atoms with van der Waals surface area (Å²) in [5.41, 5.74) is 4.76. The van der Waals surface area contributed by atoms with Gasteiger partial charge < -0.3 is 10.1 Å². The predicted octanol–water partition coefficient (Wildman–Crippen LogP) is 4.58. The number of amides is 2. The van der Waals surface area contributed by atoms with Crippen LogP contribution in [0, 0.1) is 6.92 Å². The molecule has 2 amide bonds. The molecule has 2 aromatic carbocycles. The molecule has 0 fully saturated rings. The van der Waals surface area contributed by atoms with E-state index in [0.717, 1.165) is 10.0 Å². The highest BCUT2D eigenvalue weighted by Gasteiger charge is 2.03. The molecule has 0 unspecified atom stereocenters. The lowest BCUT2D eigenvalue weighted by molar-refractivity contribution is 0.252. The number of hydrazone groups is 1. The molecule has 2 aromatic rings. The quantitative estimate of drug-likeness (QED) is 0.587. The highest BCUT2D eigenvalue weighted by molar-refractivity contribution is 9.10. The lowest BCUT2D eigenvalue weighted by atomic mass is 10.2. The lowest BCUT2D eigenvalue weighted by Gasteiger charge is -2.07. The molecule has 2 N–H and O–H groups in total. The van der Waals surface area contributed by atoms with Crippen molar-refractivity contribution < 1.29 is 9.53 Å². The summed E-state index contributed by atoms with van der Waals surface area (Å²) in [7, 11) is 1.55. The van der Waals surface area contributed by atoms with Crippen LogP contribution >= 0.6 is 27.5 Å². The number of carbonyl (C=O) groups excluding carboxylic acids is 1. The Morgan fingerprint density at radius 3 is 2.78 bits per heavy atom. The number of halogens is 2. The molecule has 0 radical (unpaired) electrons. The fraction of sp³-hybridized carbons (Fsp3) is 0.125. The molecular weight excluding hydrogens is 382 g/mol. The monoisotopic (exact) mass is 395 g/mol. The number of ether oxygens (including phenoxy) is 1. The first kappa shape index (κ1) is 17.3. The van der Waals surface area contributed by atoms with Crippen LogP contribution in [0.15, 0.2) is 46.0 Å². The topological polar surface area (TPSA) is 62.7 Å². The number of nitrogens with one attached hydrogen (secondary N) is 2. The van der Waals surface area contributed by atoms with Gasteiger partial charge in [-0.2, -0.15) is 5.10 Å². The molecule has 0 aliphatic rings. The molecule has 120 valence electrons. The van der Waals surface area contributed by atoms with E-state index >= 15 is 0 Å². The molecule has 0 aliphatic carbocycles. The van der Waals surface area contributed by atoms with Gasteiger partial charge in [-0.15, -0.1) is 0 Å². The molecule has 2 rings (SSSR count). The Morgan fingerprint density at radius 1 is 1.30 bits per heavy atom. The standard InChI is InChI=1S/C16H15BrClN3O2/c1-10-7-13(4-5-14(10)17)20-16(22)21-19-9-11-8-12(18)3-6-15(11)23-2/h3-9H,1-2H3,(H2,20,21,22)/b19-9+. The van der Waals surface area contributed by atoms with Gasteiger partial charge in [0.2, 0.25) is 0 Å². The van der Waals surface area contributed by atoms with Crippen molar-refractivity contribution in [3.8, 4) is 5.75 Å². The van der Waals surface area contributed by atoms with Crippen molar-refractivity contribution in [1.82, 2.24) is 5.43 Å². The zero-order valence-corrected chi connectivity index (χ0v) is 14.9.